The number of rotatable bonds is 3. The third-order valence-corrected chi connectivity index (χ3v) is 2.72. The monoisotopic (exact) mass is 230 g/mol. The molecule has 1 heterocycles. The molecule has 0 fully saturated rings. The molecule has 1 aromatic carbocycles. The molecule has 0 unspecified atom stereocenters. The van der Waals surface area contributed by atoms with Crippen molar-refractivity contribution >= 4 is 5.97 Å². The molecule has 0 aliphatic heterocycles. The molecule has 2 aromatic rings. The molecule has 0 saturated carbocycles. The van der Waals surface area contributed by atoms with E-state index in [9.17, 15) is 9.90 Å². The van der Waals surface area contributed by atoms with Gasteiger partial charge in [0.15, 0.2) is 0 Å². The van der Waals surface area contributed by atoms with Gasteiger partial charge in [-0.25, -0.2) is 4.79 Å². The van der Waals surface area contributed by atoms with Crippen LogP contribution in [0.15, 0.2) is 30.5 Å². The summed E-state index contributed by atoms with van der Waals surface area (Å²) in [6.07, 6.45) is 1.57. The summed E-state index contributed by atoms with van der Waals surface area (Å²) in [6, 6.07) is 7.66. The van der Waals surface area contributed by atoms with Gasteiger partial charge in [0.2, 0.25) is 0 Å². The van der Waals surface area contributed by atoms with Crippen LogP contribution in [0.1, 0.15) is 22.8 Å². The molecule has 1 N–H and O–H groups in total. The van der Waals surface area contributed by atoms with E-state index >= 15 is 0 Å². The summed E-state index contributed by atoms with van der Waals surface area (Å²) < 4.78 is 1.64. The molecule has 4 heteroatoms. The Morgan fingerprint density at radius 3 is 2.71 bits per heavy atom. The molecule has 88 valence electrons. The summed E-state index contributed by atoms with van der Waals surface area (Å²) in [4.78, 5) is 11.2. The normalized spacial score (nSPS) is 10.5. The standard InChI is InChI=1S/C13H14N2O2/c1-3-15-8-11(13(16)17)12(14-15)10-7-5-4-6-9(10)2/h4-8H,3H2,1-2H3,(H,16,17). The number of carboxylic acid groups (broad SMARTS) is 1. The summed E-state index contributed by atoms with van der Waals surface area (Å²) in [5.74, 6) is -0.942. The number of carboxylic acids is 1. The van der Waals surface area contributed by atoms with Gasteiger partial charge in [-0.3, -0.25) is 4.68 Å². The van der Waals surface area contributed by atoms with Gasteiger partial charge in [-0.15, -0.1) is 0 Å². The predicted octanol–water partition coefficient (Wildman–Crippen LogP) is 2.58. The van der Waals surface area contributed by atoms with E-state index < -0.39 is 5.97 Å². The van der Waals surface area contributed by atoms with Crippen LogP contribution >= 0.6 is 0 Å². The molecule has 4 nitrogen and oxygen atoms in total. The number of benzene rings is 1. The van der Waals surface area contributed by atoms with E-state index in [1.165, 1.54) is 0 Å². The van der Waals surface area contributed by atoms with Crippen LogP contribution in [0.4, 0.5) is 0 Å². The lowest BCUT2D eigenvalue weighted by molar-refractivity contribution is 0.0697. The fraction of sp³-hybridized carbons (Fsp3) is 0.231. The Balaban J connectivity index is 2.62. The summed E-state index contributed by atoms with van der Waals surface area (Å²) in [7, 11) is 0. The van der Waals surface area contributed by atoms with Crippen molar-refractivity contribution in [2.75, 3.05) is 0 Å². The maximum Gasteiger partial charge on any atom is 0.339 e. The second kappa shape index (κ2) is 4.41. The van der Waals surface area contributed by atoms with Gasteiger partial charge in [0, 0.05) is 18.3 Å². The highest BCUT2D eigenvalue weighted by molar-refractivity contribution is 5.95. The number of aryl methyl sites for hydroxylation is 2. The van der Waals surface area contributed by atoms with Crippen molar-refractivity contribution in [2.24, 2.45) is 0 Å². The quantitative estimate of drug-likeness (QED) is 0.881. The molecule has 0 aliphatic rings. The lowest BCUT2D eigenvalue weighted by Crippen LogP contribution is -1.97. The first-order valence-electron chi connectivity index (χ1n) is 5.50. The molecular weight excluding hydrogens is 216 g/mol. The number of carbonyl (C=O) groups is 1. The number of hydrogen-bond acceptors (Lipinski definition) is 2. The maximum absolute atomic E-state index is 11.2. The molecule has 0 radical (unpaired) electrons. The van der Waals surface area contributed by atoms with Crippen LogP contribution in [0.5, 0.6) is 0 Å². The van der Waals surface area contributed by atoms with Gasteiger partial charge in [-0.05, 0) is 19.4 Å². The third kappa shape index (κ3) is 2.06. The first-order valence-corrected chi connectivity index (χ1v) is 5.50. The number of aromatic nitrogens is 2. The van der Waals surface area contributed by atoms with E-state index in [1.807, 2.05) is 38.1 Å². The van der Waals surface area contributed by atoms with Gasteiger partial charge >= 0.3 is 5.97 Å². The Morgan fingerprint density at radius 1 is 1.41 bits per heavy atom. The minimum Gasteiger partial charge on any atom is -0.478 e. The minimum absolute atomic E-state index is 0.251. The van der Waals surface area contributed by atoms with Crippen molar-refractivity contribution in [3.63, 3.8) is 0 Å². The fourth-order valence-electron chi connectivity index (χ4n) is 1.78. The SMILES string of the molecule is CCn1cc(C(=O)O)c(-c2ccccc2C)n1. The molecule has 0 saturated heterocycles. The van der Waals surface area contributed by atoms with Gasteiger partial charge in [0.05, 0.1) is 0 Å². The summed E-state index contributed by atoms with van der Waals surface area (Å²) in [6.45, 7) is 4.54. The molecule has 0 bridgehead atoms. The zero-order valence-corrected chi connectivity index (χ0v) is 9.84. The van der Waals surface area contributed by atoms with Crippen LogP contribution in [0, 0.1) is 6.92 Å². The van der Waals surface area contributed by atoms with Crippen molar-refractivity contribution in [3.05, 3.63) is 41.6 Å². The van der Waals surface area contributed by atoms with E-state index in [0.717, 1.165) is 11.1 Å². The highest BCUT2D eigenvalue weighted by Gasteiger charge is 2.17. The van der Waals surface area contributed by atoms with Gasteiger partial charge < -0.3 is 5.11 Å². The first-order chi connectivity index (χ1) is 8.13. The Labute approximate surface area is 99.5 Å². The Hall–Kier alpha value is -2.10. The van der Waals surface area contributed by atoms with E-state index in [0.29, 0.717) is 12.2 Å². The van der Waals surface area contributed by atoms with Crippen molar-refractivity contribution < 1.29 is 9.90 Å². The van der Waals surface area contributed by atoms with Crippen LogP contribution in [0.2, 0.25) is 0 Å². The summed E-state index contributed by atoms with van der Waals surface area (Å²) in [5, 5.41) is 13.5. The van der Waals surface area contributed by atoms with Crippen LogP contribution in [-0.2, 0) is 6.54 Å². The van der Waals surface area contributed by atoms with Crippen LogP contribution in [0.25, 0.3) is 11.3 Å². The second-order valence-corrected chi connectivity index (χ2v) is 3.87. The molecule has 0 aliphatic carbocycles. The van der Waals surface area contributed by atoms with E-state index in [1.54, 1.807) is 10.9 Å². The topological polar surface area (TPSA) is 55.1 Å². The molecule has 2 rings (SSSR count). The lowest BCUT2D eigenvalue weighted by Gasteiger charge is -2.02. The van der Waals surface area contributed by atoms with E-state index in [2.05, 4.69) is 5.10 Å². The second-order valence-electron chi connectivity index (χ2n) is 3.87. The Bertz CT molecular complexity index is 558. The third-order valence-electron chi connectivity index (χ3n) is 2.72. The van der Waals surface area contributed by atoms with Crippen molar-refractivity contribution in [2.45, 2.75) is 20.4 Å². The molecular formula is C13H14N2O2. The number of hydrogen-bond donors (Lipinski definition) is 1. The van der Waals surface area contributed by atoms with Crippen molar-refractivity contribution in [1.82, 2.24) is 9.78 Å². The first kappa shape index (κ1) is 11.4. The van der Waals surface area contributed by atoms with Crippen molar-refractivity contribution in [3.8, 4) is 11.3 Å². The van der Waals surface area contributed by atoms with Gasteiger partial charge in [-0.1, -0.05) is 24.3 Å². The predicted molar refractivity (Wildman–Crippen MR) is 65.0 cm³/mol. The minimum atomic E-state index is -0.942. The fourth-order valence-corrected chi connectivity index (χ4v) is 1.78. The Kier molecular flexibility index (Phi) is 2.95. The van der Waals surface area contributed by atoms with Gasteiger partial charge in [0.25, 0.3) is 0 Å². The van der Waals surface area contributed by atoms with Crippen LogP contribution in [-0.4, -0.2) is 20.9 Å². The van der Waals surface area contributed by atoms with Gasteiger partial charge in [-0.2, -0.15) is 5.10 Å². The molecule has 1 aromatic heterocycles. The van der Waals surface area contributed by atoms with Gasteiger partial charge in [0.1, 0.15) is 11.3 Å². The molecule has 17 heavy (non-hydrogen) atoms. The average molecular weight is 230 g/mol. The Morgan fingerprint density at radius 2 is 2.12 bits per heavy atom. The van der Waals surface area contributed by atoms with E-state index in [-0.39, 0.29) is 5.56 Å². The average Bonchev–Trinajstić information content (AvgIpc) is 2.73. The molecule has 0 amide bonds. The molecule has 0 atom stereocenters. The largest absolute Gasteiger partial charge is 0.478 e. The van der Waals surface area contributed by atoms with Crippen molar-refractivity contribution in [1.29, 1.82) is 0 Å². The van der Waals surface area contributed by atoms with E-state index in [4.69, 9.17) is 0 Å². The summed E-state index contributed by atoms with van der Waals surface area (Å²) >= 11 is 0. The number of nitrogens with zero attached hydrogens (tertiary/aromatic N) is 2. The summed E-state index contributed by atoms with van der Waals surface area (Å²) in [5.41, 5.74) is 2.69. The highest BCUT2D eigenvalue weighted by atomic mass is 16.4. The smallest absolute Gasteiger partial charge is 0.339 e. The van der Waals surface area contributed by atoms with Crippen LogP contribution < -0.4 is 0 Å². The zero-order valence-electron chi connectivity index (χ0n) is 9.84. The van der Waals surface area contributed by atoms with Crippen LogP contribution in [0.3, 0.4) is 0 Å². The number of aromatic carboxylic acids is 1. The zero-order chi connectivity index (χ0) is 12.4. The lowest BCUT2D eigenvalue weighted by atomic mass is 10.0. The molecule has 0 spiro atoms. The maximum atomic E-state index is 11.2. The highest BCUT2D eigenvalue weighted by Crippen LogP contribution is 2.25.